The van der Waals surface area contributed by atoms with Crippen molar-refractivity contribution in [1.29, 1.82) is 0 Å². The maximum Gasteiger partial charge on any atom is 0.267 e. The summed E-state index contributed by atoms with van der Waals surface area (Å²) in [5, 5.41) is 0.855. The number of fused-ring (bicyclic) bond motifs is 1. The van der Waals surface area contributed by atoms with Gasteiger partial charge >= 0.3 is 0 Å². The summed E-state index contributed by atoms with van der Waals surface area (Å²) in [4.78, 5) is 32.4. The zero-order chi connectivity index (χ0) is 19.2. The van der Waals surface area contributed by atoms with E-state index >= 15 is 0 Å². The Kier molecular flexibility index (Phi) is 5.93. The highest BCUT2D eigenvalue weighted by molar-refractivity contribution is 5.91. The molecule has 0 unspecified atom stereocenters. The first-order valence-electron chi connectivity index (χ1n) is 8.95. The van der Waals surface area contributed by atoms with Crippen LogP contribution in [0.5, 0.6) is 0 Å². The summed E-state index contributed by atoms with van der Waals surface area (Å²) in [7, 11) is 2.19. The van der Waals surface area contributed by atoms with Crippen molar-refractivity contribution in [2.45, 2.75) is 19.3 Å². The molecule has 0 bridgehead atoms. The summed E-state index contributed by atoms with van der Waals surface area (Å²) in [6, 6.07) is 6.92. The minimum atomic E-state index is -0.567. The summed E-state index contributed by atoms with van der Waals surface area (Å²) < 4.78 is 1.82. The number of nitrogens with zero attached hydrogens (tertiary/aromatic N) is 4. The van der Waals surface area contributed by atoms with Gasteiger partial charge in [-0.1, -0.05) is 6.42 Å². The fraction of sp³-hybridized carbons (Fsp3) is 0.300. The van der Waals surface area contributed by atoms with E-state index in [2.05, 4.69) is 21.9 Å². The standard InChI is InChI=1S/C14H10N4O2.C6H13N/c15-13(20)12-2-1-11(7-16-12)18-4-3-10-5-9(8-19)6-17-14(10)18;1-7-5-3-2-4-6-7/h1-8H,(H2,15,20);2-6H2,1H3. The third-order valence-electron chi connectivity index (χ3n) is 4.54. The highest BCUT2D eigenvalue weighted by Gasteiger charge is 2.07. The lowest BCUT2D eigenvalue weighted by atomic mass is 10.1. The third-order valence-corrected chi connectivity index (χ3v) is 4.54. The van der Waals surface area contributed by atoms with Gasteiger partial charge in [0.15, 0.2) is 6.29 Å². The number of carbonyl (C=O) groups excluding carboxylic acids is 2. The maximum atomic E-state index is 11.0. The molecule has 0 aromatic carbocycles. The summed E-state index contributed by atoms with van der Waals surface area (Å²) in [5.41, 5.74) is 7.36. The van der Waals surface area contributed by atoms with Crippen LogP contribution in [0, 0.1) is 0 Å². The van der Waals surface area contributed by atoms with E-state index in [-0.39, 0.29) is 5.69 Å². The topological polar surface area (TPSA) is 94.1 Å². The third kappa shape index (κ3) is 4.57. The number of aldehydes is 1. The number of piperidine rings is 1. The van der Waals surface area contributed by atoms with E-state index in [1.165, 1.54) is 38.5 Å². The Balaban J connectivity index is 0.000000253. The molecule has 0 spiro atoms. The predicted octanol–water partition coefficient (Wildman–Crippen LogP) is 2.43. The highest BCUT2D eigenvalue weighted by Crippen LogP contribution is 2.18. The van der Waals surface area contributed by atoms with Crippen molar-refractivity contribution in [3.8, 4) is 5.69 Å². The van der Waals surface area contributed by atoms with Crippen LogP contribution in [0.3, 0.4) is 0 Å². The van der Waals surface area contributed by atoms with Crippen molar-refractivity contribution in [2.24, 2.45) is 5.73 Å². The molecule has 27 heavy (non-hydrogen) atoms. The largest absolute Gasteiger partial charge is 0.364 e. The van der Waals surface area contributed by atoms with Gasteiger partial charge in [0.05, 0.1) is 11.9 Å². The number of carbonyl (C=O) groups is 2. The monoisotopic (exact) mass is 365 g/mol. The molecule has 0 aliphatic carbocycles. The molecular formula is C20H23N5O2. The van der Waals surface area contributed by atoms with E-state index in [0.29, 0.717) is 11.2 Å². The molecule has 7 heteroatoms. The number of aromatic nitrogens is 3. The van der Waals surface area contributed by atoms with Crippen LogP contribution in [0.1, 0.15) is 40.1 Å². The number of pyridine rings is 2. The van der Waals surface area contributed by atoms with Gasteiger partial charge in [0.1, 0.15) is 11.3 Å². The Hall–Kier alpha value is -3.06. The van der Waals surface area contributed by atoms with Gasteiger partial charge in [-0.3, -0.25) is 14.2 Å². The van der Waals surface area contributed by atoms with Gasteiger partial charge in [0.2, 0.25) is 0 Å². The molecule has 4 heterocycles. The molecule has 7 nitrogen and oxygen atoms in total. The second kappa shape index (κ2) is 8.55. The molecule has 140 valence electrons. The van der Waals surface area contributed by atoms with Crippen molar-refractivity contribution >= 4 is 23.2 Å². The van der Waals surface area contributed by atoms with E-state index in [4.69, 9.17) is 5.73 Å². The van der Waals surface area contributed by atoms with Crippen LogP contribution in [-0.4, -0.2) is 51.8 Å². The van der Waals surface area contributed by atoms with Crippen LogP contribution in [0.4, 0.5) is 0 Å². The number of rotatable bonds is 3. The zero-order valence-electron chi connectivity index (χ0n) is 15.3. The van der Waals surface area contributed by atoms with E-state index in [9.17, 15) is 9.59 Å². The van der Waals surface area contributed by atoms with Gasteiger partial charge in [0.25, 0.3) is 5.91 Å². The van der Waals surface area contributed by atoms with Gasteiger partial charge in [-0.25, -0.2) is 9.97 Å². The van der Waals surface area contributed by atoms with Crippen molar-refractivity contribution < 1.29 is 9.59 Å². The van der Waals surface area contributed by atoms with Gasteiger partial charge in [-0.15, -0.1) is 0 Å². The summed E-state index contributed by atoms with van der Waals surface area (Å²) >= 11 is 0. The van der Waals surface area contributed by atoms with Crippen LogP contribution in [0.25, 0.3) is 16.7 Å². The molecule has 1 amide bonds. The van der Waals surface area contributed by atoms with Crippen LogP contribution >= 0.6 is 0 Å². The maximum absolute atomic E-state index is 11.0. The van der Waals surface area contributed by atoms with Crippen LogP contribution in [0.15, 0.2) is 42.9 Å². The minimum absolute atomic E-state index is 0.210. The SMILES string of the molecule is CN1CCCCC1.NC(=O)c1ccc(-n2ccc3cc(C=O)cnc32)cn1. The van der Waals surface area contributed by atoms with Crippen molar-refractivity contribution in [3.63, 3.8) is 0 Å². The molecule has 1 aliphatic heterocycles. The fourth-order valence-electron chi connectivity index (χ4n) is 3.04. The molecule has 2 N–H and O–H groups in total. The quantitative estimate of drug-likeness (QED) is 0.720. The molecule has 0 atom stereocenters. The summed E-state index contributed by atoms with van der Waals surface area (Å²) in [6.45, 7) is 2.64. The normalized spacial score (nSPS) is 14.4. The molecule has 1 saturated heterocycles. The molecule has 0 radical (unpaired) electrons. The first kappa shape index (κ1) is 18.7. The lowest BCUT2D eigenvalue weighted by Crippen LogP contribution is -2.24. The molecule has 1 fully saturated rings. The highest BCUT2D eigenvalue weighted by atomic mass is 16.1. The van der Waals surface area contributed by atoms with E-state index in [0.717, 1.165) is 17.4 Å². The second-order valence-electron chi connectivity index (χ2n) is 6.61. The van der Waals surface area contributed by atoms with E-state index in [1.807, 2.05) is 16.8 Å². The molecule has 3 aromatic rings. The lowest BCUT2D eigenvalue weighted by molar-refractivity contribution is 0.0995. The number of nitrogens with two attached hydrogens (primary N) is 1. The average Bonchev–Trinajstić information content (AvgIpc) is 3.12. The number of amides is 1. The van der Waals surface area contributed by atoms with Crippen LogP contribution < -0.4 is 5.73 Å². The fourth-order valence-corrected chi connectivity index (χ4v) is 3.04. The van der Waals surface area contributed by atoms with Crippen LogP contribution in [-0.2, 0) is 0 Å². The smallest absolute Gasteiger partial charge is 0.267 e. The second-order valence-corrected chi connectivity index (χ2v) is 6.61. The molecule has 4 rings (SSSR count). The summed E-state index contributed by atoms with van der Waals surface area (Å²) in [6.07, 6.45) is 9.92. The Bertz CT molecular complexity index is 927. The van der Waals surface area contributed by atoms with Crippen molar-refractivity contribution in [2.75, 3.05) is 20.1 Å². The average molecular weight is 365 g/mol. The Morgan fingerprint density at radius 3 is 2.44 bits per heavy atom. The molecule has 0 saturated carbocycles. The number of likely N-dealkylation sites (tertiary alicyclic amines) is 1. The predicted molar refractivity (Wildman–Crippen MR) is 104 cm³/mol. The van der Waals surface area contributed by atoms with Crippen LogP contribution in [0.2, 0.25) is 0 Å². The van der Waals surface area contributed by atoms with Crippen molar-refractivity contribution in [1.82, 2.24) is 19.4 Å². The number of hydrogen-bond donors (Lipinski definition) is 1. The molecular weight excluding hydrogens is 342 g/mol. The first-order chi connectivity index (χ1) is 13.1. The van der Waals surface area contributed by atoms with Gasteiger partial charge in [0, 0.05) is 23.3 Å². The van der Waals surface area contributed by atoms with E-state index < -0.39 is 5.91 Å². The Morgan fingerprint density at radius 1 is 1.11 bits per heavy atom. The number of hydrogen-bond acceptors (Lipinski definition) is 5. The van der Waals surface area contributed by atoms with Gasteiger partial charge in [-0.05, 0) is 57.2 Å². The minimum Gasteiger partial charge on any atom is -0.364 e. The molecule has 1 aliphatic rings. The van der Waals surface area contributed by atoms with E-state index in [1.54, 1.807) is 24.4 Å². The van der Waals surface area contributed by atoms with Crippen molar-refractivity contribution in [3.05, 3.63) is 54.1 Å². The Labute approximate surface area is 157 Å². The summed E-state index contributed by atoms with van der Waals surface area (Å²) in [5.74, 6) is -0.567. The zero-order valence-corrected chi connectivity index (χ0v) is 15.3. The number of primary amides is 1. The van der Waals surface area contributed by atoms with Gasteiger partial charge in [-0.2, -0.15) is 0 Å². The molecule has 3 aromatic heterocycles. The Morgan fingerprint density at radius 2 is 1.89 bits per heavy atom. The van der Waals surface area contributed by atoms with Gasteiger partial charge < -0.3 is 10.6 Å². The first-order valence-corrected chi connectivity index (χ1v) is 8.95. The lowest BCUT2D eigenvalue weighted by Gasteiger charge is -2.20.